The number of hydrogen-bond donors (Lipinski definition) is 3. The van der Waals surface area contributed by atoms with Gasteiger partial charge in [0.1, 0.15) is 0 Å². The first-order chi connectivity index (χ1) is 6.24. The quantitative estimate of drug-likeness (QED) is 0.647. The van der Waals surface area contributed by atoms with Crippen LogP contribution in [0.5, 0.6) is 0 Å². The molecule has 0 aliphatic rings. The number of nitrogens with two attached hydrogens (primary N) is 1. The van der Waals surface area contributed by atoms with Crippen LogP contribution in [0.15, 0.2) is 11.4 Å². The number of hydrogen-bond acceptors (Lipinski definition) is 4. The predicted octanol–water partition coefficient (Wildman–Crippen LogP) is 0.166. The Morgan fingerprint density at radius 3 is 3.00 bits per heavy atom. The molecule has 1 rings (SSSR count). The molecule has 0 bridgehead atoms. The van der Waals surface area contributed by atoms with Gasteiger partial charge in [-0.25, -0.2) is 0 Å². The molecule has 0 saturated carbocycles. The van der Waals surface area contributed by atoms with E-state index >= 15 is 0 Å². The standard InChI is InChI=1S/C8H13N3OS/c1-10-8(12)5-11-4-7-6(9)2-3-13-7/h2-3,11H,4-5,9H2,1H3,(H,10,12). The summed E-state index contributed by atoms with van der Waals surface area (Å²) in [6.07, 6.45) is 0. The van der Waals surface area contributed by atoms with Crippen LogP contribution in [-0.4, -0.2) is 19.5 Å². The summed E-state index contributed by atoms with van der Waals surface area (Å²) >= 11 is 1.59. The zero-order chi connectivity index (χ0) is 9.68. The van der Waals surface area contributed by atoms with Gasteiger partial charge in [0, 0.05) is 24.2 Å². The lowest BCUT2D eigenvalue weighted by molar-refractivity contribution is -0.119. The van der Waals surface area contributed by atoms with E-state index in [2.05, 4.69) is 10.6 Å². The molecule has 0 unspecified atom stereocenters. The highest BCUT2D eigenvalue weighted by Gasteiger charge is 2.01. The zero-order valence-corrected chi connectivity index (χ0v) is 8.28. The fourth-order valence-electron chi connectivity index (χ4n) is 0.872. The molecule has 0 aliphatic carbocycles. The molecule has 4 nitrogen and oxygen atoms in total. The Balaban J connectivity index is 2.28. The number of anilines is 1. The highest BCUT2D eigenvalue weighted by atomic mass is 32.1. The van der Waals surface area contributed by atoms with Gasteiger partial charge in [-0.15, -0.1) is 11.3 Å². The van der Waals surface area contributed by atoms with Gasteiger partial charge in [-0.3, -0.25) is 4.79 Å². The number of carbonyl (C=O) groups is 1. The summed E-state index contributed by atoms with van der Waals surface area (Å²) in [6, 6.07) is 1.86. The molecule has 0 fully saturated rings. The van der Waals surface area contributed by atoms with E-state index in [0.717, 1.165) is 10.6 Å². The number of thiophene rings is 1. The van der Waals surface area contributed by atoms with Crippen molar-refractivity contribution >= 4 is 22.9 Å². The Labute approximate surface area is 81.1 Å². The van der Waals surface area contributed by atoms with Gasteiger partial charge in [-0.2, -0.15) is 0 Å². The van der Waals surface area contributed by atoms with E-state index in [9.17, 15) is 4.79 Å². The lowest BCUT2D eigenvalue weighted by Gasteiger charge is -2.02. The monoisotopic (exact) mass is 199 g/mol. The van der Waals surface area contributed by atoms with Crippen LogP contribution in [-0.2, 0) is 11.3 Å². The normalized spacial score (nSPS) is 9.92. The summed E-state index contributed by atoms with van der Waals surface area (Å²) < 4.78 is 0. The minimum absolute atomic E-state index is 0.0184. The number of carbonyl (C=O) groups excluding carboxylic acids is 1. The molecule has 1 aromatic heterocycles. The topological polar surface area (TPSA) is 67.2 Å². The zero-order valence-electron chi connectivity index (χ0n) is 7.46. The van der Waals surface area contributed by atoms with E-state index in [1.807, 2.05) is 11.4 Å². The molecule has 72 valence electrons. The van der Waals surface area contributed by atoms with Crippen LogP contribution in [0.3, 0.4) is 0 Å². The van der Waals surface area contributed by atoms with Crippen molar-refractivity contribution in [3.63, 3.8) is 0 Å². The molecule has 1 aromatic rings. The van der Waals surface area contributed by atoms with Crippen molar-refractivity contribution in [3.8, 4) is 0 Å². The molecular formula is C8H13N3OS. The maximum absolute atomic E-state index is 10.8. The predicted molar refractivity (Wildman–Crippen MR) is 54.5 cm³/mol. The maximum atomic E-state index is 10.8. The minimum atomic E-state index is -0.0184. The van der Waals surface area contributed by atoms with E-state index in [1.54, 1.807) is 18.4 Å². The summed E-state index contributed by atoms with van der Waals surface area (Å²) in [7, 11) is 1.61. The molecule has 0 atom stereocenters. The second-order valence-electron chi connectivity index (χ2n) is 2.58. The van der Waals surface area contributed by atoms with E-state index in [0.29, 0.717) is 13.1 Å². The summed E-state index contributed by atoms with van der Waals surface area (Å²) in [6.45, 7) is 0.977. The Bertz CT molecular complexity index is 285. The van der Waals surface area contributed by atoms with Gasteiger partial charge in [0.25, 0.3) is 0 Å². The third kappa shape index (κ3) is 3.04. The average molecular weight is 199 g/mol. The Hall–Kier alpha value is -1.07. The molecule has 0 radical (unpaired) electrons. The van der Waals surface area contributed by atoms with Crippen molar-refractivity contribution in [2.45, 2.75) is 6.54 Å². The second-order valence-corrected chi connectivity index (χ2v) is 3.58. The third-order valence-electron chi connectivity index (χ3n) is 1.63. The Morgan fingerprint density at radius 2 is 2.46 bits per heavy atom. The number of amides is 1. The summed E-state index contributed by atoms with van der Waals surface area (Å²) in [4.78, 5) is 11.9. The first kappa shape index (κ1) is 10.0. The molecule has 1 heterocycles. The van der Waals surface area contributed by atoms with E-state index in [1.165, 1.54) is 0 Å². The first-order valence-corrected chi connectivity index (χ1v) is 4.85. The van der Waals surface area contributed by atoms with Crippen molar-refractivity contribution in [3.05, 3.63) is 16.3 Å². The fraction of sp³-hybridized carbons (Fsp3) is 0.375. The molecular weight excluding hydrogens is 186 g/mol. The molecule has 1 amide bonds. The highest BCUT2D eigenvalue weighted by molar-refractivity contribution is 7.10. The van der Waals surface area contributed by atoms with E-state index in [4.69, 9.17) is 5.73 Å². The first-order valence-electron chi connectivity index (χ1n) is 3.97. The molecule has 5 heteroatoms. The van der Waals surface area contributed by atoms with Crippen molar-refractivity contribution in [2.24, 2.45) is 0 Å². The van der Waals surface area contributed by atoms with Gasteiger partial charge in [0.15, 0.2) is 0 Å². The summed E-state index contributed by atoms with van der Waals surface area (Å²) in [5.41, 5.74) is 6.45. The number of nitrogens with one attached hydrogen (secondary N) is 2. The molecule has 0 saturated heterocycles. The molecule has 13 heavy (non-hydrogen) atoms. The molecule has 0 aliphatic heterocycles. The van der Waals surface area contributed by atoms with Crippen LogP contribution >= 0.6 is 11.3 Å². The van der Waals surface area contributed by atoms with Gasteiger partial charge in [-0.05, 0) is 11.4 Å². The lowest BCUT2D eigenvalue weighted by Crippen LogP contribution is -2.30. The van der Waals surface area contributed by atoms with E-state index < -0.39 is 0 Å². The van der Waals surface area contributed by atoms with Crippen molar-refractivity contribution in [1.29, 1.82) is 0 Å². The number of nitrogen functional groups attached to an aromatic ring is 1. The minimum Gasteiger partial charge on any atom is -0.398 e. The number of rotatable bonds is 4. The number of likely N-dealkylation sites (N-methyl/N-ethyl adjacent to an activating group) is 1. The van der Waals surface area contributed by atoms with Crippen LogP contribution in [0.4, 0.5) is 5.69 Å². The smallest absolute Gasteiger partial charge is 0.233 e. The fourth-order valence-corrected chi connectivity index (χ4v) is 1.64. The average Bonchev–Trinajstić information content (AvgIpc) is 2.52. The van der Waals surface area contributed by atoms with Crippen LogP contribution < -0.4 is 16.4 Å². The van der Waals surface area contributed by atoms with Crippen LogP contribution in [0.2, 0.25) is 0 Å². The Kier molecular flexibility index (Phi) is 3.72. The van der Waals surface area contributed by atoms with Gasteiger partial charge in [0.05, 0.1) is 6.54 Å². The van der Waals surface area contributed by atoms with Gasteiger partial charge >= 0.3 is 0 Å². The van der Waals surface area contributed by atoms with Crippen LogP contribution in [0.25, 0.3) is 0 Å². The van der Waals surface area contributed by atoms with Crippen molar-refractivity contribution in [1.82, 2.24) is 10.6 Å². The van der Waals surface area contributed by atoms with Gasteiger partial charge in [0.2, 0.25) is 5.91 Å². The lowest BCUT2D eigenvalue weighted by atomic mass is 10.4. The highest BCUT2D eigenvalue weighted by Crippen LogP contribution is 2.17. The van der Waals surface area contributed by atoms with Crippen LogP contribution in [0.1, 0.15) is 4.88 Å². The van der Waals surface area contributed by atoms with Crippen molar-refractivity contribution < 1.29 is 4.79 Å². The van der Waals surface area contributed by atoms with Gasteiger partial charge < -0.3 is 16.4 Å². The van der Waals surface area contributed by atoms with Crippen molar-refractivity contribution in [2.75, 3.05) is 19.3 Å². The van der Waals surface area contributed by atoms with Gasteiger partial charge in [-0.1, -0.05) is 0 Å². The summed E-state index contributed by atoms with van der Waals surface area (Å²) in [5.74, 6) is -0.0184. The maximum Gasteiger partial charge on any atom is 0.233 e. The molecule has 4 N–H and O–H groups in total. The SMILES string of the molecule is CNC(=O)CNCc1sccc1N. The largest absolute Gasteiger partial charge is 0.398 e. The molecule has 0 aromatic carbocycles. The third-order valence-corrected chi connectivity index (χ3v) is 2.57. The van der Waals surface area contributed by atoms with Crippen LogP contribution in [0, 0.1) is 0 Å². The Morgan fingerprint density at radius 1 is 1.69 bits per heavy atom. The summed E-state index contributed by atoms with van der Waals surface area (Å²) in [5, 5.41) is 7.46. The second kappa shape index (κ2) is 4.84. The molecule has 0 spiro atoms. The van der Waals surface area contributed by atoms with E-state index in [-0.39, 0.29) is 5.91 Å².